The van der Waals surface area contributed by atoms with E-state index in [1.807, 2.05) is 0 Å². The third-order valence-electron chi connectivity index (χ3n) is 4.16. The highest BCUT2D eigenvalue weighted by Crippen LogP contribution is 2.35. The van der Waals surface area contributed by atoms with Crippen molar-refractivity contribution in [3.05, 3.63) is 42.5 Å². The minimum Gasteiger partial charge on any atom is -0.507 e. The Balaban J connectivity index is 0.000000258. The van der Waals surface area contributed by atoms with Crippen LogP contribution in [0.1, 0.15) is 0 Å². The molecule has 0 unspecified atom stereocenters. The molecule has 0 aromatic heterocycles. The van der Waals surface area contributed by atoms with Crippen LogP contribution in [-0.4, -0.2) is 57.0 Å². The number of nitrogens with two attached hydrogens (primary N) is 2. The van der Waals surface area contributed by atoms with Gasteiger partial charge in [0.25, 0.3) is 40.5 Å². The second kappa shape index (κ2) is 9.20. The molecule has 3 aromatic rings. The Bertz CT molecular complexity index is 1690. The van der Waals surface area contributed by atoms with Crippen LogP contribution in [0.2, 0.25) is 0 Å². The van der Waals surface area contributed by atoms with E-state index in [1.165, 1.54) is 0 Å². The number of hydrogen-bond donors (Lipinski definition) is 7. The fourth-order valence-corrected chi connectivity index (χ4v) is 4.89. The third kappa shape index (κ3) is 6.76. The van der Waals surface area contributed by atoms with Gasteiger partial charge in [-0.25, -0.2) is 0 Å². The molecular formula is C16H16N2O13S4. The molecule has 0 aliphatic carbocycles. The minimum absolute atomic E-state index is 0.00444. The molecule has 0 saturated heterocycles. The molecule has 19 heteroatoms. The highest BCUT2D eigenvalue weighted by atomic mass is 32.2. The van der Waals surface area contributed by atoms with E-state index in [-0.39, 0.29) is 16.5 Å². The Morgan fingerprint density at radius 2 is 0.971 bits per heavy atom. The molecule has 0 amide bonds. The van der Waals surface area contributed by atoms with Gasteiger partial charge in [0, 0.05) is 17.1 Å². The van der Waals surface area contributed by atoms with Gasteiger partial charge >= 0.3 is 0 Å². The zero-order chi connectivity index (χ0) is 27.1. The number of rotatable bonds is 4. The van der Waals surface area contributed by atoms with Gasteiger partial charge in [-0.3, -0.25) is 18.2 Å². The van der Waals surface area contributed by atoms with Gasteiger partial charge < -0.3 is 16.6 Å². The minimum atomic E-state index is -4.59. The summed E-state index contributed by atoms with van der Waals surface area (Å²) in [6.45, 7) is 0. The summed E-state index contributed by atoms with van der Waals surface area (Å²) in [5, 5.41) is 9.66. The quantitative estimate of drug-likeness (QED) is 0.164. The summed E-state index contributed by atoms with van der Waals surface area (Å²) < 4.78 is 122. The van der Waals surface area contributed by atoms with Gasteiger partial charge in [-0.05, 0) is 41.8 Å². The number of phenols is 1. The van der Waals surface area contributed by atoms with E-state index in [0.717, 1.165) is 42.5 Å². The number of nitrogen functional groups attached to an aromatic ring is 2. The lowest BCUT2D eigenvalue weighted by Crippen LogP contribution is -2.05. The lowest BCUT2D eigenvalue weighted by atomic mass is 10.1. The fraction of sp³-hybridized carbons (Fsp3) is 0. The normalized spacial score (nSPS) is 12.7. The van der Waals surface area contributed by atoms with Crippen LogP contribution in [0.4, 0.5) is 11.4 Å². The first-order valence-electron chi connectivity index (χ1n) is 8.48. The SMILES string of the molecule is Nc1cc(S(=O)(=O)O)cc2cc(S(=O)(=O)O)cc(O)c12.Nc1cc(S(=O)(=O)O)ccc1S(=O)(=O)O. The number of fused-ring (bicyclic) bond motifs is 1. The second-order valence-corrected chi connectivity index (χ2v) is 12.3. The van der Waals surface area contributed by atoms with E-state index in [0.29, 0.717) is 0 Å². The predicted molar refractivity (Wildman–Crippen MR) is 120 cm³/mol. The Morgan fingerprint density at radius 3 is 1.37 bits per heavy atom. The molecule has 0 aliphatic heterocycles. The fourth-order valence-electron chi connectivity index (χ4n) is 2.69. The van der Waals surface area contributed by atoms with Crippen LogP contribution in [0.15, 0.2) is 62.0 Å². The molecule has 0 aliphatic rings. The van der Waals surface area contributed by atoms with Crippen LogP contribution in [0, 0.1) is 0 Å². The topological polar surface area (TPSA) is 290 Å². The van der Waals surface area contributed by atoms with Gasteiger partial charge in [0.15, 0.2) is 0 Å². The van der Waals surface area contributed by atoms with Crippen LogP contribution < -0.4 is 11.5 Å². The van der Waals surface area contributed by atoms with Gasteiger partial charge in [0.1, 0.15) is 10.6 Å². The Labute approximate surface area is 198 Å². The van der Waals surface area contributed by atoms with Crippen molar-refractivity contribution in [1.82, 2.24) is 0 Å². The molecule has 9 N–H and O–H groups in total. The van der Waals surface area contributed by atoms with Crippen molar-refractivity contribution in [2.24, 2.45) is 0 Å². The first-order valence-corrected chi connectivity index (χ1v) is 14.2. The van der Waals surface area contributed by atoms with Crippen molar-refractivity contribution in [3.63, 3.8) is 0 Å². The summed E-state index contributed by atoms with van der Waals surface area (Å²) in [5.41, 5.74) is 10.1. The molecule has 0 fully saturated rings. The Morgan fingerprint density at radius 1 is 0.543 bits per heavy atom. The average molecular weight is 573 g/mol. The number of phenolic OH excluding ortho intramolecular Hbond substituents is 1. The molecule has 0 bridgehead atoms. The van der Waals surface area contributed by atoms with Crippen LogP contribution in [0.5, 0.6) is 5.75 Å². The molecule has 0 radical (unpaired) electrons. The van der Waals surface area contributed by atoms with E-state index in [9.17, 15) is 38.8 Å². The van der Waals surface area contributed by atoms with Gasteiger partial charge in [0.2, 0.25) is 0 Å². The van der Waals surface area contributed by atoms with Gasteiger partial charge in [-0.2, -0.15) is 33.7 Å². The second-order valence-electron chi connectivity index (χ2n) is 6.65. The van der Waals surface area contributed by atoms with E-state index in [4.69, 9.17) is 29.7 Å². The van der Waals surface area contributed by atoms with E-state index in [1.54, 1.807) is 0 Å². The third-order valence-corrected chi connectivity index (χ3v) is 7.60. The molecule has 192 valence electrons. The molecule has 3 rings (SSSR count). The van der Waals surface area contributed by atoms with Crippen molar-refractivity contribution in [1.29, 1.82) is 0 Å². The first-order chi connectivity index (χ1) is 15.6. The van der Waals surface area contributed by atoms with Gasteiger partial charge in [0.05, 0.1) is 20.4 Å². The molecule has 0 saturated carbocycles. The highest BCUT2D eigenvalue weighted by molar-refractivity contribution is 7.86. The molecule has 3 aromatic carbocycles. The molecule has 0 atom stereocenters. The summed E-state index contributed by atoms with van der Waals surface area (Å²) >= 11 is 0. The first kappa shape index (κ1) is 28.2. The van der Waals surface area contributed by atoms with Crippen LogP contribution in [0.3, 0.4) is 0 Å². The van der Waals surface area contributed by atoms with Crippen molar-refractivity contribution in [2.75, 3.05) is 11.5 Å². The Hall–Kier alpha value is -3.04. The maximum absolute atomic E-state index is 11.1. The standard InChI is InChI=1S/C10H9NO7S2.C6H7NO6S2/c11-8-3-6(19(13,14)15)1-5-2-7(20(16,17)18)4-9(12)10(5)8;7-5-3-4(14(8,9)10)1-2-6(5)15(11,12)13/h1-4,12H,11H2,(H,13,14,15)(H,16,17,18);1-3H,7H2,(H,8,9,10)(H,11,12,13). The molecule has 15 nitrogen and oxygen atoms in total. The summed E-state index contributed by atoms with van der Waals surface area (Å²) in [5.74, 6) is -0.547. The van der Waals surface area contributed by atoms with E-state index in [2.05, 4.69) is 0 Å². The lowest BCUT2D eigenvalue weighted by Gasteiger charge is -2.08. The number of anilines is 2. The highest BCUT2D eigenvalue weighted by Gasteiger charge is 2.19. The zero-order valence-electron chi connectivity index (χ0n) is 16.8. The maximum atomic E-state index is 11.1. The van der Waals surface area contributed by atoms with Crippen molar-refractivity contribution < 1.29 is 57.0 Å². The van der Waals surface area contributed by atoms with E-state index < -0.39 is 71.5 Å². The summed E-state index contributed by atoms with van der Waals surface area (Å²) in [6.07, 6.45) is 0. The summed E-state index contributed by atoms with van der Waals surface area (Å²) in [4.78, 5) is -2.36. The molecule has 0 spiro atoms. The molecular weight excluding hydrogens is 556 g/mol. The van der Waals surface area contributed by atoms with Gasteiger partial charge in [-0.1, -0.05) is 0 Å². The van der Waals surface area contributed by atoms with Crippen molar-refractivity contribution in [3.8, 4) is 5.75 Å². The number of benzene rings is 3. The van der Waals surface area contributed by atoms with Crippen LogP contribution in [0.25, 0.3) is 10.8 Å². The zero-order valence-corrected chi connectivity index (χ0v) is 20.1. The smallest absolute Gasteiger partial charge is 0.296 e. The molecule has 0 heterocycles. The average Bonchev–Trinajstić information content (AvgIpc) is 2.64. The van der Waals surface area contributed by atoms with Crippen LogP contribution >= 0.6 is 0 Å². The van der Waals surface area contributed by atoms with E-state index >= 15 is 0 Å². The lowest BCUT2D eigenvalue weighted by molar-refractivity contribution is 0.471. The largest absolute Gasteiger partial charge is 0.507 e. The number of aromatic hydroxyl groups is 1. The van der Waals surface area contributed by atoms with Crippen molar-refractivity contribution >= 4 is 62.6 Å². The van der Waals surface area contributed by atoms with Crippen LogP contribution in [-0.2, 0) is 40.5 Å². The monoisotopic (exact) mass is 572 g/mol. The van der Waals surface area contributed by atoms with Crippen molar-refractivity contribution in [2.45, 2.75) is 19.6 Å². The summed E-state index contributed by atoms with van der Waals surface area (Å²) in [7, 11) is -18.1. The maximum Gasteiger partial charge on any atom is 0.296 e. The predicted octanol–water partition coefficient (Wildman–Crippen LogP) is 0.383. The van der Waals surface area contributed by atoms with Gasteiger partial charge in [-0.15, -0.1) is 0 Å². The number of hydrogen-bond acceptors (Lipinski definition) is 11. The molecule has 35 heavy (non-hydrogen) atoms. The summed E-state index contributed by atoms with van der Waals surface area (Å²) in [6, 6.07) is 5.89. The Kier molecular flexibility index (Phi) is 7.41.